The molecule has 3 fully saturated rings. The molecule has 0 aromatic heterocycles. The molecule has 1 aliphatic carbocycles. The first-order valence-electron chi connectivity index (χ1n) is 11.3. The van der Waals surface area contributed by atoms with Crippen LogP contribution in [0.2, 0.25) is 0 Å². The first-order valence-corrected chi connectivity index (χ1v) is 11.3. The van der Waals surface area contributed by atoms with E-state index in [-0.39, 0.29) is 30.1 Å². The SMILES string of the molecule is CC1C2Cc3c(N)cc(C(F)(F)F)cc3CN2C(=O)[C@]12CC[C@@H](NC1CCOCC1)C2. The van der Waals surface area contributed by atoms with Crippen LogP contribution in [0, 0.1) is 11.3 Å². The van der Waals surface area contributed by atoms with Crippen LogP contribution in [0.5, 0.6) is 0 Å². The molecule has 1 amide bonds. The molecule has 5 nitrogen and oxygen atoms in total. The molecule has 0 bridgehead atoms. The van der Waals surface area contributed by atoms with Crippen molar-refractivity contribution in [1.82, 2.24) is 10.2 Å². The number of amides is 1. The molecule has 4 atom stereocenters. The number of rotatable bonds is 2. The van der Waals surface area contributed by atoms with Crippen molar-refractivity contribution in [2.45, 2.75) is 76.3 Å². The van der Waals surface area contributed by atoms with E-state index in [0.29, 0.717) is 24.1 Å². The second-order valence-corrected chi connectivity index (χ2v) is 9.84. The zero-order chi connectivity index (χ0) is 22.0. The van der Waals surface area contributed by atoms with Gasteiger partial charge >= 0.3 is 6.18 Å². The van der Waals surface area contributed by atoms with Gasteiger partial charge in [0.1, 0.15) is 0 Å². The summed E-state index contributed by atoms with van der Waals surface area (Å²) in [5, 5.41) is 3.75. The lowest BCUT2D eigenvalue weighted by Gasteiger charge is -2.34. The molecule has 5 rings (SSSR count). The lowest BCUT2D eigenvalue weighted by atomic mass is 9.73. The lowest BCUT2D eigenvalue weighted by molar-refractivity contribution is -0.137. The van der Waals surface area contributed by atoms with E-state index in [0.717, 1.165) is 56.9 Å². The van der Waals surface area contributed by atoms with E-state index in [9.17, 15) is 18.0 Å². The van der Waals surface area contributed by atoms with Crippen molar-refractivity contribution in [3.8, 4) is 0 Å². The summed E-state index contributed by atoms with van der Waals surface area (Å²) in [5.74, 6) is 0.263. The van der Waals surface area contributed by atoms with Crippen molar-refractivity contribution in [3.05, 3.63) is 28.8 Å². The van der Waals surface area contributed by atoms with Gasteiger partial charge in [-0.15, -0.1) is 0 Å². The predicted molar refractivity (Wildman–Crippen MR) is 110 cm³/mol. The van der Waals surface area contributed by atoms with E-state index in [1.54, 1.807) is 0 Å². The monoisotopic (exact) mass is 437 g/mol. The Hall–Kier alpha value is -1.80. The molecule has 3 heterocycles. The van der Waals surface area contributed by atoms with E-state index < -0.39 is 17.2 Å². The summed E-state index contributed by atoms with van der Waals surface area (Å²) in [6, 6.07) is 2.96. The number of alkyl halides is 3. The molecule has 2 unspecified atom stereocenters. The first kappa shape index (κ1) is 21.1. The van der Waals surface area contributed by atoms with Crippen molar-refractivity contribution < 1.29 is 22.7 Å². The molecule has 3 N–H and O–H groups in total. The summed E-state index contributed by atoms with van der Waals surface area (Å²) < 4.78 is 45.3. The van der Waals surface area contributed by atoms with Gasteiger partial charge in [-0.2, -0.15) is 13.2 Å². The van der Waals surface area contributed by atoms with Crippen LogP contribution in [-0.4, -0.2) is 42.1 Å². The van der Waals surface area contributed by atoms with Gasteiger partial charge in [0.15, 0.2) is 0 Å². The van der Waals surface area contributed by atoms with Crippen LogP contribution in [0.3, 0.4) is 0 Å². The van der Waals surface area contributed by atoms with Crippen molar-refractivity contribution >= 4 is 11.6 Å². The summed E-state index contributed by atoms with van der Waals surface area (Å²) in [7, 11) is 0. The van der Waals surface area contributed by atoms with Gasteiger partial charge < -0.3 is 20.7 Å². The van der Waals surface area contributed by atoms with Crippen LogP contribution >= 0.6 is 0 Å². The first-order chi connectivity index (χ1) is 14.7. The zero-order valence-electron chi connectivity index (χ0n) is 17.8. The minimum atomic E-state index is -4.45. The molecule has 2 saturated heterocycles. The number of halogens is 3. The third-order valence-corrected chi connectivity index (χ3v) is 8.24. The number of nitrogens with two attached hydrogens (primary N) is 1. The summed E-state index contributed by atoms with van der Waals surface area (Å²) in [4.78, 5) is 15.4. The molecule has 1 spiro atoms. The smallest absolute Gasteiger partial charge is 0.398 e. The topological polar surface area (TPSA) is 67.6 Å². The maximum atomic E-state index is 13.6. The van der Waals surface area contributed by atoms with Gasteiger partial charge in [-0.1, -0.05) is 6.92 Å². The van der Waals surface area contributed by atoms with Crippen molar-refractivity contribution in [2.75, 3.05) is 18.9 Å². The molecule has 3 aliphatic heterocycles. The third kappa shape index (κ3) is 3.42. The van der Waals surface area contributed by atoms with Gasteiger partial charge in [-0.05, 0) is 67.7 Å². The van der Waals surface area contributed by atoms with Gasteiger partial charge in [0.25, 0.3) is 0 Å². The normalized spacial score (nSPS) is 33.7. The van der Waals surface area contributed by atoms with Gasteiger partial charge in [0.05, 0.1) is 11.0 Å². The van der Waals surface area contributed by atoms with Crippen LogP contribution in [-0.2, 0) is 28.7 Å². The number of carbonyl (C=O) groups excluding carboxylic acids is 1. The molecule has 8 heteroatoms. The molecular weight excluding hydrogens is 407 g/mol. The molecule has 170 valence electrons. The average Bonchev–Trinajstić information content (AvgIpc) is 3.23. The maximum Gasteiger partial charge on any atom is 0.416 e. The zero-order valence-corrected chi connectivity index (χ0v) is 17.8. The second kappa shape index (κ2) is 7.37. The molecule has 1 aromatic rings. The highest BCUT2D eigenvalue weighted by molar-refractivity contribution is 5.87. The van der Waals surface area contributed by atoms with Crippen LogP contribution in [0.1, 0.15) is 55.7 Å². The average molecular weight is 438 g/mol. The number of fused-ring (bicyclic) bond motifs is 2. The summed E-state index contributed by atoms with van der Waals surface area (Å²) in [6.45, 7) is 3.92. The fourth-order valence-corrected chi connectivity index (χ4v) is 6.47. The van der Waals surface area contributed by atoms with E-state index in [1.165, 1.54) is 6.07 Å². The maximum absolute atomic E-state index is 13.6. The minimum absolute atomic E-state index is 0.000803. The minimum Gasteiger partial charge on any atom is -0.398 e. The number of hydrogen-bond acceptors (Lipinski definition) is 4. The Morgan fingerprint density at radius 2 is 1.94 bits per heavy atom. The summed E-state index contributed by atoms with van der Waals surface area (Å²) in [5.41, 5.74) is 6.40. The van der Waals surface area contributed by atoms with Gasteiger partial charge in [0, 0.05) is 43.6 Å². The highest BCUT2D eigenvalue weighted by atomic mass is 19.4. The fourth-order valence-electron chi connectivity index (χ4n) is 6.47. The Kier molecular flexibility index (Phi) is 5.01. The van der Waals surface area contributed by atoms with Crippen molar-refractivity contribution in [1.29, 1.82) is 0 Å². The molecule has 0 radical (unpaired) electrons. The molecule has 4 aliphatic rings. The Bertz CT molecular complexity index is 884. The highest BCUT2D eigenvalue weighted by Crippen LogP contribution is 2.55. The van der Waals surface area contributed by atoms with E-state index in [1.807, 2.05) is 4.90 Å². The number of hydrogen-bond donors (Lipinski definition) is 2. The highest BCUT2D eigenvalue weighted by Gasteiger charge is 2.60. The second-order valence-electron chi connectivity index (χ2n) is 9.84. The number of nitrogens with one attached hydrogen (secondary N) is 1. The standard InChI is InChI=1S/C23H30F3N3O2/c1-13-20-10-18-14(8-15(9-19(18)27)23(24,25)26)12-29(20)21(30)22(13)5-2-17(11-22)28-16-3-6-31-7-4-16/h8-9,13,16-17,20,28H,2-7,10-12,27H2,1H3/t13?,17-,20?,22+/m1/s1. The number of nitrogen functional groups attached to an aromatic ring is 1. The van der Waals surface area contributed by atoms with Crippen molar-refractivity contribution in [2.24, 2.45) is 11.3 Å². The largest absolute Gasteiger partial charge is 0.416 e. The van der Waals surface area contributed by atoms with Gasteiger partial charge in [-0.25, -0.2) is 0 Å². The summed E-state index contributed by atoms with van der Waals surface area (Å²) >= 11 is 0. The van der Waals surface area contributed by atoms with Crippen LogP contribution in [0.4, 0.5) is 18.9 Å². The quantitative estimate of drug-likeness (QED) is 0.695. The lowest BCUT2D eigenvalue weighted by Crippen LogP contribution is -2.42. The molecule has 31 heavy (non-hydrogen) atoms. The predicted octanol–water partition coefficient (Wildman–Crippen LogP) is 3.50. The number of ether oxygens (including phenoxy) is 1. The van der Waals surface area contributed by atoms with Crippen LogP contribution in [0.25, 0.3) is 0 Å². The Labute approximate surface area is 180 Å². The third-order valence-electron chi connectivity index (χ3n) is 8.24. The van der Waals surface area contributed by atoms with Gasteiger partial charge in [-0.3, -0.25) is 4.79 Å². The van der Waals surface area contributed by atoms with Crippen LogP contribution < -0.4 is 11.1 Å². The van der Waals surface area contributed by atoms with E-state index in [4.69, 9.17) is 10.5 Å². The Morgan fingerprint density at radius 1 is 1.19 bits per heavy atom. The van der Waals surface area contributed by atoms with Gasteiger partial charge in [0.2, 0.25) is 5.91 Å². The molecule has 1 saturated carbocycles. The van der Waals surface area contributed by atoms with Crippen molar-refractivity contribution in [3.63, 3.8) is 0 Å². The number of nitrogens with zero attached hydrogens (tertiary/aromatic N) is 1. The van der Waals surface area contributed by atoms with E-state index >= 15 is 0 Å². The number of anilines is 1. The van der Waals surface area contributed by atoms with Crippen LogP contribution in [0.15, 0.2) is 12.1 Å². The molecule has 1 aromatic carbocycles. The number of benzene rings is 1. The Balaban J connectivity index is 1.37. The molecular formula is C23H30F3N3O2. The number of carbonyl (C=O) groups is 1. The van der Waals surface area contributed by atoms with E-state index in [2.05, 4.69) is 12.2 Å². The Morgan fingerprint density at radius 3 is 2.65 bits per heavy atom. The fraction of sp³-hybridized carbons (Fsp3) is 0.696. The summed E-state index contributed by atoms with van der Waals surface area (Å²) in [6.07, 6.45) is 0.679.